The molecule has 2 aromatic carbocycles. The maximum Gasteiger partial charge on any atom is 0.223 e. The number of nitrogens with zero attached hydrogens (tertiary/aromatic N) is 2. The summed E-state index contributed by atoms with van der Waals surface area (Å²) in [5.74, 6) is 1.22. The molecule has 1 fully saturated rings. The van der Waals surface area contributed by atoms with Gasteiger partial charge in [0.25, 0.3) is 0 Å². The van der Waals surface area contributed by atoms with E-state index in [9.17, 15) is 4.79 Å². The van der Waals surface area contributed by atoms with Gasteiger partial charge in [0.15, 0.2) is 5.96 Å². The number of guanidine groups is 1. The molecular formula is C25H34IN5O. The third-order valence-electron chi connectivity index (χ3n) is 5.81. The molecule has 32 heavy (non-hydrogen) atoms. The molecule has 6 nitrogen and oxygen atoms in total. The number of amides is 1. The van der Waals surface area contributed by atoms with Gasteiger partial charge in [-0.05, 0) is 48.9 Å². The molecule has 2 aromatic rings. The first-order chi connectivity index (χ1) is 15.2. The van der Waals surface area contributed by atoms with Crippen LogP contribution in [0.4, 0.5) is 5.69 Å². The van der Waals surface area contributed by atoms with Crippen molar-refractivity contribution in [3.05, 3.63) is 65.2 Å². The Balaban J connectivity index is 0.00000289. The summed E-state index contributed by atoms with van der Waals surface area (Å²) in [5, 5.41) is 9.53. The minimum atomic E-state index is 0. The van der Waals surface area contributed by atoms with Gasteiger partial charge >= 0.3 is 0 Å². The number of aliphatic imine (C=N–C) groups is 1. The maximum atomic E-state index is 11.7. The highest BCUT2D eigenvalue weighted by Gasteiger charge is 2.28. The van der Waals surface area contributed by atoms with E-state index in [1.54, 1.807) is 0 Å². The van der Waals surface area contributed by atoms with Gasteiger partial charge in [0.2, 0.25) is 5.91 Å². The summed E-state index contributed by atoms with van der Waals surface area (Å²) in [5.41, 5.74) is 5.32. The SMILES string of the molecule is CCNC(=NCc1ccc(CN2CCc3ccccc32)cc1)NCCNC(=O)C1CC1.I. The number of nitrogens with one attached hydrogen (secondary N) is 3. The average Bonchev–Trinajstić information content (AvgIpc) is 3.58. The lowest BCUT2D eigenvalue weighted by Crippen LogP contribution is -2.41. The third-order valence-corrected chi connectivity index (χ3v) is 5.81. The maximum absolute atomic E-state index is 11.7. The largest absolute Gasteiger partial charge is 0.367 e. The fourth-order valence-corrected chi connectivity index (χ4v) is 3.91. The summed E-state index contributed by atoms with van der Waals surface area (Å²) in [6, 6.07) is 17.4. The van der Waals surface area contributed by atoms with Crippen LogP contribution in [-0.4, -0.2) is 38.0 Å². The lowest BCUT2D eigenvalue weighted by molar-refractivity contribution is -0.122. The summed E-state index contributed by atoms with van der Waals surface area (Å²) in [6.07, 6.45) is 3.20. The molecule has 0 atom stereocenters. The van der Waals surface area contributed by atoms with Gasteiger partial charge in [-0.25, -0.2) is 4.99 Å². The van der Waals surface area contributed by atoms with Crippen molar-refractivity contribution in [1.29, 1.82) is 0 Å². The van der Waals surface area contributed by atoms with Crippen LogP contribution in [0.15, 0.2) is 53.5 Å². The summed E-state index contributed by atoms with van der Waals surface area (Å²) in [6.45, 7) is 6.79. The fourth-order valence-electron chi connectivity index (χ4n) is 3.91. The Morgan fingerprint density at radius 3 is 2.47 bits per heavy atom. The minimum Gasteiger partial charge on any atom is -0.367 e. The molecule has 1 aliphatic heterocycles. The zero-order valence-electron chi connectivity index (χ0n) is 18.8. The molecule has 0 spiro atoms. The molecule has 0 aromatic heterocycles. The van der Waals surface area contributed by atoms with E-state index in [-0.39, 0.29) is 35.8 Å². The number of hydrogen-bond donors (Lipinski definition) is 3. The normalized spacial score (nSPS) is 15.0. The summed E-state index contributed by atoms with van der Waals surface area (Å²) in [4.78, 5) is 18.8. The molecular weight excluding hydrogens is 513 g/mol. The first-order valence-electron chi connectivity index (χ1n) is 11.4. The summed E-state index contributed by atoms with van der Waals surface area (Å²) >= 11 is 0. The fraction of sp³-hybridized carbons (Fsp3) is 0.440. The quantitative estimate of drug-likeness (QED) is 0.195. The molecule has 172 valence electrons. The number of anilines is 1. The number of benzene rings is 2. The van der Waals surface area contributed by atoms with Gasteiger partial charge in [0.05, 0.1) is 6.54 Å². The van der Waals surface area contributed by atoms with E-state index in [1.807, 2.05) is 0 Å². The van der Waals surface area contributed by atoms with Gasteiger partial charge in [0, 0.05) is 44.3 Å². The van der Waals surface area contributed by atoms with Gasteiger partial charge in [-0.1, -0.05) is 42.5 Å². The molecule has 0 unspecified atom stereocenters. The van der Waals surface area contributed by atoms with Gasteiger partial charge in [-0.3, -0.25) is 4.79 Å². The number of carbonyl (C=O) groups excluding carboxylic acids is 1. The smallest absolute Gasteiger partial charge is 0.223 e. The molecule has 0 bridgehead atoms. The lowest BCUT2D eigenvalue weighted by Gasteiger charge is -2.19. The highest BCUT2D eigenvalue weighted by Crippen LogP contribution is 2.29. The Hall–Kier alpha value is -2.29. The molecule has 7 heteroatoms. The van der Waals surface area contributed by atoms with Crippen LogP contribution < -0.4 is 20.9 Å². The minimum absolute atomic E-state index is 0. The number of carbonyl (C=O) groups is 1. The van der Waals surface area contributed by atoms with Gasteiger partial charge in [-0.2, -0.15) is 0 Å². The van der Waals surface area contributed by atoms with E-state index in [0.29, 0.717) is 19.6 Å². The van der Waals surface area contributed by atoms with Crippen LogP contribution in [0.5, 0.6) is 0 Å². The predicted molar refractivity (Wildman–Crippen MR) is 142 cm³/mol. The monoisotopic (exact) mass is 547 g/mol. The number of para-hydroxylation sites is 1. The van der Waals surface area contributed by atoms with Crippen molar-refractivity contribution in [1.82, 2.24) is 16.0 Å². The summed E-state index contributed by atoms with van der Waals surface area (Å²) in [7, 11) is 0. The second-order valence-electron chi connectivity index (χ2n) is 8.30. The second kappa shape index (κ2) is 12.1. The number of hydrogen-bond acceptors (Lipinski definition) is 3. The Bertz CT molecular complexity index is 911. The van der Waals surface area contributed by atoms with E-state index in [0.717, 1.165) is 44.9 Å². The summed E-state index contributed by atoms with van der Waals surface area (Å²) < 4.78 is 0. The third kappa shape index (κ3) is 6.85. The molecule has 4 rings (SSSR count). The van der Waals surface area contributed by atoms with Crippen LogP contribution in [0.1, 0.15) is 36.5 Å². The van der Waals surface area contributed by atoms with Crippen molar-refractivity contribution in [2.45, 2.75) is 39.3 Å². The number of rotatable bonds is 9. The standard InChI is InChI=1S/C25H33N5O.HI/c1-2-26-25(28-15-14-27-24(31)22-11-12-22)29-17-19-7-9-20(10-8-19)18-30-16-13-21-5-3-4-6-23(21)30;/h3-10,22H,2,11-18H2,1H3,(H,27,31)(H2,26,28,29);1H. The second-order valence-corrected chi connectivity index (χ2v) is 8.30. The highest BCUT2D eigenvalue weighted by atomic mass is 127. The number of fused-ring (bicyclic) bond motifs is 1. The van der Waals surface area contributed by atoms with Crippen LogP contribution in [0.25, 0.3) is 0 Å². The van der Waals surface area contributed by atoms with E-state index in [2.05, 4.69) is 81.3 Å². The van der Waals surface area contributed by atoms with Crippen molar-refractivity contribution < 1.29 is 4.79 Å². The molecule has 1 saturated carbocycles. The van der Waals surface area contributed by atoms with Crippen molar-refractivity contribution in [3.63, 3.8) is 0 Å². The van der Waals surface area contributed by atoms with Crippen LogP contribution in [0.3, 0.4) is 0 Å². The number of halogens is 1. The topological polar surface area (TPSA) is 68.8 Å². The van der Waals surface area contributed by atoms with Crippen LogP contribution >= 0.6 is 24.0 Å². The Labute approximate surface area is 208 Å². The Morgan fingerprint density at radius 1 is 1.00 bits per heavy atom. The Morgan fingerprint density at radius 2 is 1.72 bits per heavy atom. The molecule has 0 saturated heterocycles. The van der Waals surface area contributed by atoms with Gasteiger partial charge in [-0.15, -0.1) is 24.0 Å². The molecule has 1 heterocycles. The van der Waals surface area contributed by atoms with Crippen molar-refractivity contribution in [2.75, 3.05) is 31.1 Å². The lowest BCUT2D eigenvalue weighted by atomic mass is 10.1. The zero-order chi connectivity index (χ0) is 21.5. The van der Waals surface area contributed by atoms with E-state index in [4.69, 9.17) is 0 Å². The van der Waals surface area contributed by atoms with Crippen molar-refractivity contribution in [3.8, 4) is 0 Å². The van der Waals surface area contributed by atoms with Crippen molar-refractivity contribution in [2.24, 2.45) is 10.9 Å². The van der Waals surface area contributed by atoms with E-state index < -0.39 is 0 Å². The van der Waals surface area contributed by atoms with E-state index >= 15 is 0 Å². The van der Waals surface area contributed by atoms with Crippen molar-refractivity contribution >= 4 is 41.5 Å². The first kappa shape index (κ1) is 24.4. The van der Waals surface area contributed by atoms with Gasteiger partial charge in [0.1, 0.15) is 0 Å². The van der Waals surface area contributed by atoms with Crippen LogP contribution in [0, 0.1) is 5.92 Å². The molecule has 0 radical (unpaired) electrons. The predicted octanol–water partition coefficient (Wildman–Crippen LogP) is 3.45. The molecule has 2 aliphatic rings. The molecule has 1 aliphatic carbocycles. The highest BCUT2D eigenvalue weighted by molar-refractivity contribution is 14.0. The van der Waals surface area contributed by atoms with E-state index in [1.165, 1.54) is 22.4 Å². The first-order valence-corrected chi connectivity index (χ1v) is 11.4. The average molecular weight is 547 g/mol. The zero-order valence-corrected chi connectivity index (χ0v) is 21.1. The Kier molecular flexibility index (Phi) is 9.20. The van der Waals surface area contributed by atoms with Crippen LogP contribution in [-0.2, 0) is 24.3 Å². The van der Waals surface area contributed by atoms with Gasteiger partial charge < -0.3 is 20.9 Å². The molecule has 1 amide bonds. The van der Waals surface area contributed by atoms with Crippen LogP contribution in [0.2, 0.25) is 0 Å². The molecule has 3 N–H and O–H groups in total.